The summed E-state index contributed by atoms with van der Waals surface area (Å²) in [5.74, 6) is 0. The second-order valence-electron chi connectivity index (χ2n) is 3.55. The molecular weight excluding hydrogens is 258 g/mol. The molecule has 0 saturated carbocycles. The fourth-order valence-corrected chi connectivity index (χ4v) is 3.44. The van der Waals surface area contributed by atoms with Crippen molar-refractivity contribution in [3.8, 4) is 0 Å². The second-order valence-corrected chi connectivity index (χ2v) is 6.18. The van der Waals surface area contributed by atoms with Crippen molar-refractivity contribution in [2.75, 3.05) is 7.05 Å². The van der Waals surface area contributed by atoms with Gasteiger partial charge >= 0.3 is 0 Å². The van der Waals surface area contributed by atoms with Crippen molar-refractivity contribution in [2.24, 2.45) is 0 Å². The molecule has 1 N–H and O–H groups in total. The Kier molecular flexibility index (Phi) is 5.13. The minimum Gasteiger partial charge on any atom is -0.313 e. The Morgan fingerprint density at radius 3 is 2.71 bits per heavy atom. The molecule has 1 heterocycles. The molecule has 1 aromatic rings. The van der Waals surface area contributed by atoms with Crippen LogP contribution in [0.15, 0.2) is 9.85 Å². The van der Waals surface area contributed by atoms with E-state index >= 15 is 0 Å². The predicted molar refractivity (Wildman–Crippen MR) is 68.1 cm³/mol. The standard InChI is InChI=1S/C11H18BrNS/c1-4-5-6-10(13-3)9-7-11(12)14-8(9)2/h7,10,13H,4-6H2,1-3H3. The third kappa shape index (κ3) is 3.07. The number of nitrogens with one attached hydrogen (secondary N) is 1. The van der Waals surface area contributed by atoms with Crippen molar-refractivity contribution >= 4 is 27.3 Å². The fourth-order valence-electron chi connectivity index (χ4n) is 1.67. The number of thiophene rings is 1. The van der Waals surface area contributed by atoms with Gasteiger partial charge in [-0.3, -0.25) is 0 Å². The van der Waals surface area contributed by atoms with Gasteiger partial charge in [0.1, 0.15) is 0 Å². The van der Waals surface area contributed by atoms with Crippen molar-refractivity contribution in [1.82, 2.24) is 5.32 Å². The van der Waals surface area contributed by atoms with E-state index in [4.69, 9.17) is 0 Å². The summed E-state index contributed by atoms with van der Waals surface area (Å²) in [4.78, 5) is 1.42. The zero-order chi connectivity index (χ0) is 10.6. The molecule has 0 aliphatic carbocycles. The number of hydrogen-bond donors (Lipinski definition) is 1. The van der Waals surface area contributed by atoms with E-state index in [-0.39, 0.29) is 0 Å². The molecule has 0 amide bonds. The van der Waals surface area contributed by atoms with Gasteiger partial charge in [0, 0.05) is 10.9 Å². The molecular formula is C11H18BrNS. The number of halogens is 1. The molecule has 1 nitrogen and oxygen atoms in total. The first-order valence-electron chi connectivity index (χ1n) is 5.12. The van der Waals surface area contributed by atoms with Crippen molar-refractivity contribution in [1.29, 1.82) is 0 Å². The zero-order valence-corrected chi connectivity index (χ0v) is 11.5. The Bertz CT molecular complexity index is 283. The van der Waals surface area contributed by atoms with Crippen LogP contribution in [0.25, 0.3) is 0 Å². The first-order valence-corrected chi connectivity index (χ1v) is 6.73. The maximum Gasteiger partial charge on any atom is 0.0704 e. The number of hydrogen-bond acceptors (Lipinski definition) is 2. The number of aryl methyl sites for hydroxylation is 1. The monoisotopic (exact) mass is 275 g/mol. The Labute approximate surface area is 99.0 Å². The van der Waals surface area contributed by atoms with Gasteiger partial charge in [0.25, 0.3) is 0 Å². The summed E-state index contributed by atoms with van der Waals surface area (Å²) in [5.41, 5.74) is 1.46. The number of rotatable bonds is 5. The maximum atomic E-state index is 3.54. The van der Waals surface area contributed by atoms with Crippen LogP contribution in [0.3, 0.4) is 0 Å². The summed E-state index contributed by atoms with van der Waals surface area (Å²) in [5, 5.41) is 3.39. The summed E-state index contributed by atoms with van der Waals surface area (Å²) in [6.45, 7) is 4.43. The molecule has 0 aliphatic heterocycles. The van der Waals surface area contributed by atoms with Gasteiger partial charge in [0.15, 0.2) is 0 Å². The van der Waals surface area contributed by atoms with Crippen LogP contribution in [0.4, 0.5) is 0 Å². The summed E-state index contributed by atoms with van der Waals surface area (Å²) >= 11 is 5.36. The van der Waals surface area contributed by atoms with E-state index in [1.54, 1.807) is 0 Å². The van der Waals surface area contributed by atoms with Gasteiger partial charge in [-0.1, -0.05) is 19.8 Å². The zero-order valence-electron chi connectivity index (χ0n) is 9.06. The molecule has 3 heteroatoms. The molecule has 0 aromatic carbocycles. The molecule has 0 aliphatic rings. The lowest BCUT2D eigenvalue weighted by Crippen LogP contribution is -2.16. The summed E-state index contributed by atoms with van der Waals surface area (Å²) in [6, 6.07) is 2.77. The van der Waals surface area contributed by atoms with E-state index < -0.39 is 0 Å². The van der Waals surface area contributed by atoms with Crippen LogP contribution in [0.5, 0.6) is 0 Å². The second kappa shape index (κ2) is 5.89. The van der Waals surface area contributed by atoms with Gasteiger partial charge in [-0.25, -0.2) is 0 Å². The highest BCUT2D eigenvalue weighted by Crippen LogP contribution is 2.32. The minimum atomic E-state index is 0.525. The average molecular weight is 276 g/mol. The Morgan fingerprint density at radius 1 is 1.57 bits per heavy atom. The molecule has 1 unspecified atom stereocenters. The van der Waals surface area contributed by atoms with Crippen molar-refractivity contribution in [2.45, 2.75) is 39.2 Å². The van der Waals surface area contributed by atoms with E-state index in [1.165, 1.54) is 33.5 Å². The van der Waals surface area contributed by atoms with E-state index in [9.17, 15) is 0 Å². The van der Waals surface area contributed by atoms with E-state index in [1.807, 2.05) is 18.4 Å². The Morgan fingerprint density at radius 2 is 2.29 bits per heavy atom. The largest absolute Gasteiger partial charge is 0.313 e. The van der Waals surface area contributed by atoms with Crippen LogP contribution in [0.1, 0.15) is 42.7 Å². The van der Waals surface area contributed by atoms with Gasteiger partial charge in [0.2, 0.25) is 0 Å². The number of unbranched alkanes of at least 4 members (excludes halogenated alkanes) is 1. The summed E-state index contributed by atoms with van der Waals surface area (Å²) in [6.07, 6.45) is 3.79. The van der Waals surface area contributed by atoms with Crippen LogP contribution in [0, 0.1) is 6.92 Å². The minimum absolute atomic E-state index is 0.525. The lowest BCUT2D eigenvalue weighted by atomic mass is 10.0. The maximum absolute atomic E-state index is 3.54. The molecule has 80 valence electrons. The average Bonchev–Trinajstić information content (AvgIpc) is 2.47. The molecule has 0 saturated heterocycles. The molecule has 1 atom stereocenters. The molecule has 0 spiro atoms. The highest BCUT2D eigenvalue weighted by atomic mass is 79.9. The van der Waals surface area contributed by atoms with Gasteiger partial charge in [0.05, 0.1) is 3.79 Å². The van der Waals surface area contributed by atoms with E-state index in [2.05, 4.69) is 41.2 Å². The highest BCUT2D eigenvalue weighted by Gasteiger charge is 2.13. The van der Waals surface area contributed by atoms with Gasteiger partial charge < -0.3 is 5.32 Å². The van der Waals surface area contributed by atoms with Crippen molar-refractivity contribution in [3.05, 3.63) is 20.3 Å². The third-order valence-electron chi connectivity index (χ3n) is 2.50. The first-order chi connectivity index (χ1) is 6.69. The van der Waals surface area contributed by atoms with E-state index in [0.29, 0.717) is 6.04 Å². The third-order valence-corrected chi connectivity index (χ3v) is 4.07. The molecule has 1 aromatic heterocycles. The highest BCUT2D eigenvalue weighted by molar-refractivity contribution is 9.11. The van der Waals surface area contributed by atoms with E-state index in [0.717, 1.165) is 0 Å². The van der Waals surface area contributed by atoms with Gasteiger partial charge in [-0.05, 0) is 48.0 Å². The molecule has 0 fully saturated rings. The molecule has 14 heavy (non-hydrogen) atoms. The van der Waals surface area contributed by atoms with Crippen LogP contribution in [0.2, 0.25) is 0 Å². The SMILES string of the molecule is CCCCC(NC)c1cc(Br)sc1C. The molecule has 0 radical (unpaired) electrons. The fraction of sp³-hybridized carbons (Fsp3) is 0.636. The molecule has 1 rings (SSSR count). The quantitative estimate of drug-likeness (QED) is 0.846. The van der Waals surface area contributed by atoms with Gasteiger partial charge in [-0.15, -0.1) is 11.3 Å². The first kappa shape index (κ1) is 12.2. The Balaban J connectivity index is 2.72. The summed E-state index contributed by atoms with van der Waals surface area (Å²) in [7, 11) is 2.05. The summed E-state index contributed by atoms with van der Waals surface area (Å²) < 4.78 is 1.24. The van der Waals surface area contributed by atoms with Gasteiger partial charge in [-0.2, -0.15) is 0 Å². The van der Waals surface area contributed by atoms with Crippen LogP contribution >= 0.6 is 27.3 Å². The lowest BCUT2D eigenvalue weighted by Gasteiger charge is -2.15. The molecule has 0 bridgehead atoms. The van der Waals surface area contributed by atoms with Crippen LogP contribution in [-0.4, -0.2) is 7.05 Å². The smallest absolute Gasteiger partial charge is 0.0704 e. The topological polar surface area (TPSA) is 12.0 Å². The van der Waals surface area contributed by atoms with Crippen LogP contribution < -0.4 is 5.32 Å². The lowest BCUT2D eigenvalue weighted by molar-refractivity contribution is 0.522. The normalized spacial score (nSPS) is 13.1. The Hall–Kier alpha value is 0.140. The van der Waals surface area contributed by atoms with Crippen LogP contribution in [-0.2, 0) is 0 Å². The predicted octanol–water partition coefficient (Wildman–Crippen LogP) is 4.27. The van der Waals surface area contributed by atoms with Crippen molar-refractivity contribution in [3.63, 3.8) is 0 Å². The van der Waals surface area contributed by atoms with Crippen molar-refractivity contribution < 1.29 is 0 Å².